The van der Waals surface area contributed by atoms with Gasteiger partial charge in [0.25, 0.3) is 0 Å². The monoisotopic (exact) mass is 346 g/mol. The number of nitrogens with one attached hydrogen (secondary N) is 1. The Bertz CT molecular complexity index is 864. The maximum Gasteiger partial charge on any atom is 0.339 e. The number of nitriles is 1. The van der Waals surface area contributed by atoms with Crippen molar-refractivity contribution in [3.63, 3.8) is 0 Å². The minimum absolute atomic E-state index is 0.241. The third-order valence-electron chi connectivity index (χ3n) is 3.33. The van der Waals surface area contributed by atoms with Gasteiger partial charge in [-0.05, 0) is 24.1 Å². The topological polar surface area (TPSA) is 79.2 Å². The number of amides is 1. The highest BCUT2D eigenvalue weighted by atomic mass is 16.5. The second-order valence-corrected chi connectivity index (χ2v) is 5.42. The number of ether oxygens (including phenoxy) is 1. The smallest absolute Gasteiger partial charge is 0.339 e. The van der Waals surface area contributed by atoms with E-state index in [2.05, 4.69) is 11.9 Å². The molecule has 1 N–H and O–H groups in total. The van der Waals surface area contributed by atoms with Crippen molar-refractivity contribution in [2.75, 3.05) is 5.32 Å². The molecule has 2 aromatic carbocycles. The summed E-state index contributed by atoms with van der Waals surface area (Å²) in [5.41, 5.74) is 1.80. The number of anilines is 1. The summed E-state index contributed by atoms with van der Waals surface area (Å²) in [6, 6.07) is 17.9. The Kier molecular flexibility index (Phi) is 6.90. The van der Waals surface area contributed by atoms with Crippen molar-refractivity contribution in [3.8, 4) is 11.8 Å². The lowest BCUT2D eigenvalue weighted by Gasteiger charge is -2.08. The number of carbonyl (C=O) groups excluding carboxylic acids is 2. The van der Waals surface area contributed by atoms with Gasteiger partial charge in [0.05, 0.1) is 6.07 Å². The summed E-state index contributed by atoms with van der Waals surface area (Å²) in [7, 11) is 0. The van der Waals surface area contributed by atoms with E-state index in [0.717, 1.165) is 5.56 Å². The molecule has 26 heavy (non-hydrogen) atoms. The Hall–Kier alpha value is -3.65. The lowest BCUT2D eigenvalue weighted by atomic mass is 10.1. The van der Waals surface area contributed by atoms with E-state index in [1.165, 1.54) is 6.07 Å². The number of esters is 1. The molecule has 0 aromatic heterocycles. The van der Waals surface area contributed by atoms with Crippen LogP contribution in [0.15, 0.2) is 72.8 Å². The van der Waals surface area contributed by atoms with Crippen molar-refractivity contribution >= 4 is 23.6 Å². The van der Waals surface area contributed by atoms with E-state index >= 15 is 0 Å². The second-order valence-electron chi connectivity index (χ2n) is 5.42. The Morgan fingerprint density at radius 2 is 1.92 bits per heavy atom. The molecule has 1 amide bonds. The minimum atomic E-state index is -0.539. The number of hydrogen-bond donors (Lipinski definition) is 1. The van der Waals surface area contributed by atoms with E-state index in [0.29, 0.717) is 17.7 Å². The van der Waals surface area contributed by atoms with Gasteiger partial charge in [-0.3, -0.25) is 4.79 Å². The second kappa shape index (κ2) is 9.60. The summed E-state index contributed by atoms with van der Waals surface area (Å²) in [5.74, 6) is -0.674. The van der Waals surface area contributed by atoms with Gasteiger partial charge in [0.2, 0.25) is 5.91 Å². The first-order valence-electron chi connectivity index (χ1n) is 7.97. The lowest BCUT2D eigenvalue weighted by molar-refractivity contribution is -0.130. The maximum atomic E-state index is 12.1. The Morgan fingerprint density at radius 1 is 1.15 bits per heavy atom. The van der Waals surface area contributed by atoms with Gasteiger partial charge in [-0.15, -0.1) is 0 Å². The minimum Gasteiger partial charge on any atom is -0.423 e. The zero-order valence-electron chi connectivity index (χ0n) is 14.1. The first-order chi connectivity index (χ1) is 12.6. The molecule has 130 valence electrons. The Balaban J connectivity index is 1.90. The van der Waals surface area contributed by atoms with Crippen LogP contribution in [0.5, 0.6) is 5.75 Å². The standard InChI is InChI=1S/C21H18N2O3/c1-16(7-5-10-17-8-3-2-4-9-17)21(25)26-19-12-6-11-18(15-19)23-20(24)13-14-22/h2-6,8-12,15H,1,7,13H2,(H,23,24). The SMILES string of the molecule is C=C(CC=Cc1ccccc1)C(=O)Oc1cccc(NC(=O)CC#N)c1. The largest absolute Gasteiger partial charge is 0.423 e. The fourth-order valence-electron chi connectivity index (χ4n) is 2.08. The van der Waals surface area contributed by atoms with Crippen LogP contribution in [0.1, 0.15) is 18.4 Å². The third kappa shape index (κ3) is 6.10. The number of rotatable bonds is 7. The number of carbonyl (C=O) groups is 2. The van der Waals surface area contributed by atoms with E-state index in [1.807, 2.05) is 42.5 Å². The molecule has 0 saturated heterocycles. The first-order valence-corrected chi connectivity index (χ1v) is 7.97. The zero-order valence-corrected chi connectivity index (χ0v) is 14.1. The van der Waals surface area contributed by atoms with Gasteiger partial charge in [-0.2, -0.15) is 5.26 Å². The molecule has 2 aromatic rings. The molecule has 2 rings (SSSR count). The van der Waals surface area contributed by atoms with Gasteiger partial charge in [0, 0.05) is 17.3 Å². The van der Waals surface area contributed by atoms with Crippen LogP contribution in [-0.4, -0.2) is 11.9 Å². The van der Waals surface area contributed by atoms with Crippen molar-refractivity contribution in [1.29, 1.82) is 5.26 Å². The van der Waals surface area contributed by atoms with Crippen LogP contribution in [-0.2, 0) is 9.59 Å². The lowest BCUT2D eigenvalue weighted by Crippen LogP contribution is -2.12. The molecular formula is C21H18N2O3. The van der Waals surface area contributed by atoms with Crippen LogP contribution in [0.3, 0.4) is 0 Å². The third-order valence-corrected chi connectivity index (χ3v) is 3.33. The molecule has 0 unspecified atom stereocenters. The summed E-state index contributed by atoms with van der Waals surface area (Å²) < 4.78 is 5.27. The molecule has 0 bridgehead atoms. The molecule has 0 spiro atoms. The number of hydrogen-bond acceptors (Lipinski definition) is 4. The molecule has 0 radical (unpaired) electrons. The molecule has 0 heterocycles. The maximum absolute atomic E-state index is 12.1. The normalized spacial score (nSPS) is 10.1. The van der Waals surface area contributed by atoms with Crippen molar-refractivity contribution < 1.29 is 14.3 Å². The average Bonchev–Trinajstić information content (AvgIpc) is 2.63. The quantitative estimate of drug-likeness (QED) is 0.465. The summed E-state index contributed by atoms with van der Waals surface area (Å²) in [6.07, 6.45) is 3.88. The van der Waals surface area contributed by atoms with Crippen molar-refractivity contribution in [1.82, 2.24) is 0 Å². The first kappa shape index (κ1) is 18.7. The highest BCUT2D eigenvalue weighted by Crippen LogP contribution is 2.19. The van der Waals surface area contributed by atoms with Crippen molar-refractivity contribution in [2.24, 2.45) is 0 Å². The summed E-state index contributed by atoms with van der Waals surface area (Å²) in [5, 5.41) is 11.0. The van der Waals surface area contributed by atoms with E-state index in [9.17, 15) is 9.59 Å². The van der Waals surface area contributed by atoms with E-state index in [1.54, 1.807) is 24.3 Å². The molecule has 0 aliphatic rings. The van der Waals surface area contributed by atoms with Gasteiger partial charge in [-0.1, -0.05) is 55.1 Å². The Morgan fingerprint density at radius 3 is 2.65 bits per heavy atom. The van der Waals surface area contributed by atoms with Crippen LogP contribution in [0.25, 0.3) is 6.08 Å². The highest BCUT2D eigenvalue weighted by molar-refractivity contribution is 5.93. The Labute approximate surface area is 152 Å². The highest BCUT2D eigenvalue weighted by Gasteiger charge is 2.09. The van der Waals surface area contributed by atoms with Crippen LogP contribution in [0.4, 0.5) is 5.69 Å². The van der Waals surface area contributed by atoms with Crippen molar-refractivity contribution in [2.45, 2.75) is 12.8 Å². The molecule has 5 nitrogen and oxygen atoms in total. The van der Waals surface area contributed by atoms with E-state index in [4.69, 9.17) is 10.00 Å². The molecule has 5 heteroatoms. The van der Waals surface area contributed by atoms with Gasteiger partial charge < -0.3 is 10.1 Å². The zero-order chi connectivity index (χ0) is 18.8. The van der Waals surface area contributed by atoms with Gasteiger partial charge in [0.1, 0.15) is 12.2 Å². The molecule has 0 aliphatic heterocycles. The molecular weight excluding hydrogens is 328 g/mol. The summed E-state index contributed by atoms with van der Waals surface area (Å²) in [4.78, 5) is 23.5. The fraction of sp³-hybridized carbons (Fsp3) is 0.0952. The van der Waals surface area contributed by atoms with Gasteiger partial charge in [-0.25, -0.2) is 4.79 Å². The number of benzene rings is 2. The van der Waals surface area contributed by atoms with Crippen LogP contribution in [0.2, 0.25) is 0 Å². The molecule has 0 atom stereocenters. The summed E-state index contributed by atoms with van der Waals surface area (Å²) >= 11 is 0. The van der Waals surface area contributed by atoms with E-state index < -0.39 is 11.9 Å². The van der Waals surface area contributed by atoms with Gasteiger partial charge in [0.15, 0.2) is 0 Å². The predicted octanol–water partition coefficient (Wildman–Crippen LogP) is 4.10. The number of allylic oxidation sites excluding steroid dienone is 1. The van der Waals surface area contributed by atoms with Crippen LogP contribution < -0.4 is 10.1 Å². The number of nitrogens with zero attached hydrogens (tertiary/aromatic N) is 1. The van der Waals surface area contributed by atoms with Crippen LogP contribution in [0, 0.1) is 11.3 Å². The van der Waals surface area contributed by atoms with Crippen LogP contribution >= 0.6 is 0 Å². The summed E-state index contributed by atoms with van der Waals surface area (Å²) in [6.45, 7) is 3.75. The molecule has 0 saturated carbocycles. The van der Waals surface area contributed by atoms with E-state index in [-0.39, 0.29) is 12.2 Å². The predicted molar refractivity (Wildman–Crippen MR) is 100 cm³/mol. The van der Waals surface area contributed by atoms with Gasteiger partial charge >= 0.3 is 5.97 Å². The molecule has 0 aliphatic carbocycles. The fourth-order valence-corrected chi connectivity index (χ4v) is 2.08. The molecule has 0 fully saturated rings. The van der Waals surface area contributed by atoms with Crippen molar-refractivity contribution in [3.05, 3.63) is 78.4 Å². The average molecular weight is 346 g/mol.